The number of amides is 2. The molecule has 0 aromatic heterocycles. The minimum Gasteiger partial charge on any atom is -0.294 e. The van der Waals surface area contributed by atoms with Gasteiger partial charge in [0.15, 0.2) is 0 Å². The zero-order chi connectivity index (χ0) is 10.1. The van der Waals surface area contributed by atoms with Crippen molar-refractivity contribution in [1.82, 2.24) is 10.2 Å². The summed E-state index contributed by atoms with van der Waals surface area (Å²) in [5.41, 5.74) is 0. The summed E-state index contributed by atoms with van der Waals surface area (Å²) in [5, 5.41) is 2.32. The topological polar surface area (TPSA) is 49.4 Å². The maximum absolute atomic E-state index is 11.1. The standard InChI is InChI=1S/C10H16N2O2/c1-2-3-7-4-8(7)12-5-9(13)11-10(14)6-12/h7-8H,2-6H2,1H3,(H,11,13,14). The Morgan fingerprint density at radius 1 is 1.36 bits per heavy atom. The molecule has 4 heteroatoms. The first-order valence-electron chi connectivity index (χ1n) is 5.27. The zero-order valence-electron chi connectivity index (χ0n) is 8.45. The Bertz CT molecular complexity index is 249. The summed E-state index contributed by atoms with van der Waals surface area (Å²) < 4.78 is 0. The fourth-order valence-corrected chi connectivity index (χ4v) is 2.25. The lowest BCUT2D eigenvalue weighted by molar-refractivity contribution is -0.136. The first kappa shape index (κ1) is 9.65. The Hall–Kier alpha value is -0.900. The number of piperazine rings is 1. The predicted octanol–water partition coefficient (Wildman–Crippen LogP) is 0.133. The van der Waals surface area contributed by atoms with Crippen LogP contribution in [0.3, 0.4) is 0 Å². The molecule has 1 aliphatic carbocycles. The van der Waals surface area contributed by atoms with Gasteiger partial charge < -0.3 is 0 Å². The van der Waals surface area contributed by atoms with Crippen molar-refractivity contribution < 1.29 is 9.59 Å². The van der Waals surface area contributed by atoms with E-state index in [-0.39, 0.29) is 11.8 Å². The van der Waals surface area contributed by atoms with Gasteiger partial charge in [0, 0.05) is 6.04 Å². The van der Waals surface area contributed by atoms with Crippen LogP contribution >= 0.6 is 0 Å². The highest BCUT2D eigenvalue weighted by Gasteiger charge is 2.43. The van der Waals surface area contributed by atoms with Crippen molar-refractivity contribution in [1.29, 1.82) is 0 Å². The highest BCUT2D eigenvalue weighted by molar-refractivity contribution is 5.99. The van der Waals surface area contributed by atoms with Gasteiger partial charge in [0.25, 0.3) is 0 Å². The van der Waals surface area contributed by atoms with Gasteiger partial charge in [-0.05, 0) is 18.8 Å². The predicted molar refractivity (Wildman–Crippen MR) is 51.5 cm³/mol. The summed E-state index contributed by atoms with van der Waals surface area (Å²) in [7, 11) is 0. The lowest BCUT2D eigenvalue weighted by Crippen LogP contribution is -2.52. The molecule has 2 amide bonds. The van der Waals surface area contributed by atoms with Crippen LogP contribution in [0, 0.1) is 5.92 Å². The van der Waals surface area contributed by atoms with Gasteiger partial charge in [-0.25, -0.2) is 0 Å². The average molecular weight is 196 g/mol. The second kappa shape index (κ2) is 3.69. The first-order valence-corrected chi connectivity index (χ1v) is 5.27. The summed E-state index contributed by atoms with van der Waals surface area (Å²) in [5.74, 6) is 0.422. The Morgan fingerprint density at radius 2 is 2.00 bits per heavy atom. The molecule has 0 radical (unpaired) electrons. The molecule has 2 atom stereocenters. The SMILES string of the molecule is CCCC1CC1N1CC(=O)NC(=O)C1. The van der Waals surface area contributed by atoms with Crippen LogP contribution < -0.4 is 5.32 Å². The second-order valence-corrected chi connectivity index (χ2v) is 4.23. The maximum atomic E-state index is 11.1. The second-order valence-electron chi connectivity index (χ2n) is 4.23. The van der Waals surface area contributed by atoms with E-state index in [1.165, 1.54) is 12.8 Å². The molecule has 2 aliphatic rings. The minimum atomic E-state index is -0.150. The number of imide groups is 1. The van der Waals surface area contributed by atoms with Gasteiger partial charge in [-0.15, -0.1) is 0 Å². The van der Waals surface area contributed by atoms with Gasteiger partial charge in [0.1, 0.15) is 0 Å². The normalized spacial score (nSPS) is 32.9. The number of carbonyl (C=O) groups is 2. The smallest absolute Gasteiger partial charge is 0.240 e. The summed E-state index contributed by atoms with van der Waals surface area (Å²) in [6, 6.07) is 0.491. The highest BCUT2D eigenvalue weighted by Crippen LogP contribution is 2.39. The summed E-state index contributed by atoms with van der Waals surface area (Å²) in [6.45, 7) is 2.97. The Balaban J connectivity index is 1.87. The molecular weight excluding hydrogens is 180 g/mol. The number of hydrogen-bond acceptors (Lipinski definition) is 3. The van der Waals surface area contributed by atoms with E-state index in [2.05, 4.69) is 12.2 Å². The molecule has 2 unspecified atom stereocenters. The quantitative estimate of drug-likeness (QED) is 0.653. The molecule has 1 heterocycles. The molecule has 1 saturated heterocycles. The largest absolute Gasteiger partial charge is 0.294 e. The van der Waals surface area contributed by atoms with Crippen molar-refractivity contribution in [2.75, 3.05) is 13.1 Å². The summed E-state index contributed by atoms with van der Waals surface area (Å²) in [6.07, 6.45) is 3.57. The van der Waals surface area contributed by atoms with Crippen LogP contribution in [-0.4, -0.2) is 35.8 Å². The molecule has 78 valence electrons. The fourth-order valence-electron chi connectivity index (χ4n) is 2.25. The van der Waals surface area contributed by atoms with Crippen molar-refractivity contribution in [3.8, 4) is 0 Å². The van der Waals surface area contributed by atoms with Gasteiger partial charge in [-0.1, -0.05) is 13.3 Å². The van der Waals surface area contributed by atoms with Crippen LogP contribution in [0.2, 0.25) is 0 Å². The van der Waals surface area contributed by atoms with Gasteiger partial charge >= 0.3 is 0 Å². The molecule has 14 heavy (non-hydrogen) atoms. The van der Waals surface area contributed by atoms with Crippen molar-refractivity contribution in [2.45, 2.75) is 32.2 Å². The highest BCUT2D eigenvalue weighted by atomic mass is 16.2. The molecular formula is C10H16N2O2. The van der Waals surface area contributed by atoms with E-state index in [1.807, 2.05) is 4.90 Å². The van der Waals surface area contributed by atoms with E-state index in [9.17, 15) is 9.59 Å². The maximum Gasteiger partial charge on any atom is 0.240 e. The van der Waals surface area contributed by atoms with Crippen molar-refractivity contribution in [2.24, 2.45) is 5.92 Å². The van der Waals surface area contributed by atoms with E-state index < -0.39 is 0 Å². The third kappa shape index (κ3) is 1.95. The van der Waals surface area contributed by atoms with Crippen LogP contribution in [0.5, 0.6) is 0 Å². The molecule has 1 N–H and O–H groups in total. The Kier molecular flexibility index (Phi) is 2.54. The Morgan fingerprint density at radius 3 is 2.57 bits per heavy atom. The van der Waals surface area contributed by atoms with Crippen LogP contribution in [0.4, 0.5) is 0 Å². The summed E-state index contributed by atoms with van der Waals surface area (Å²) in [4.78, 5) is 24.2. The van der Waals surface area contributed by atoms with Gasteiger partial charge in [0.05, 0.1) is 13.1 Å². The van der Waals surface area contributed by atoms with Crippen molar-refractivity contribution in [3.05, 3.63) is 0 Å². The molecule has 0 aromatic carbocycles. The van der Waals surface area contributed by atoms with Gasteiger partial charge in [-0.3, -0.25) is 19.8 Å². The van der Waals surface area contributed by atoms with E-state index in [0.29, 0.717) is 19.1 Å². The van der Waals surface area contributed by atoms with Gasteiger partial charge in [-0.2, -0.15) is 0 Å². The van der Waals surface area contributed by atoms with Crippen molar-refractivity contribution in [3.63, 3.8) is 0 Å². The molecule has 0 spiro atoms. The van der Waals surface area contributed by atoms with Crippen molar-refractivity contribution >= 4 is 11.8 Å². The molecule has 0 bridgehead atoms. The molecule has 4 nitrogen and oxygen atoms in total. The van der Waals surface area contributed by atoms with E-state index in [4.69, 9.17) is 0 Å². The number of hydrogen-bond donors (Lipinski definition) is 1. The molecule has 1 aliphatic heterocycles. The Labute approximate surface area is 83.6 Å². The number of nitrogens with one attached hydrogen (secondary N) is 1. The number of rotatable bonds is 3. The lowest BCUT2D eigenvalue weighted by atomic mass is 10.2. The van der Waals surface area contributed by atoms with Crippen LogP contribution in [0.1, 0.15) is 26.2 Å². The number of carbonyl (C=O) groups excluding carboxylic acids is 2. The zero-order valence-corrected chi connectivity index (χ0v) is 8.45. The van der Waals surface area contributed by atoms with E-state index >= 15 is 0 Å². The van der Waals surface area contributed by atoms with Crippen LogP contribution in [-0.2, 0) is 9.59 Å². The monoisotopic (exact) mass is 196 g/mol. The summed E-state index contributed by atoms with van der Waals surface area (Å²) >= 11 is 0. The van der Waals surface area contributed by atoms with E-state index in [1.54, 1.807) is 0 Å². The lowest BCUT2D eigenvalue weighted by Gasteiger charge is -2.25. The molecule has 2 rings (SSSR count). The van der Waals surface area contributed by atoms with Crippen LogP contribution in [0.25, 0.3) is 0 Å². The fraction of sp³-hybridized carbons (Fsp3) is 0.800. The molecule has 2 fully saturated rings. The van der Waals surface area contributed by atoms with Crippen LogP contribution in [0.15, 0.2) is 0 Å². The number of nitrogens with zero attached hydrogens (tertiary/aromatic N) is 1. The third-order valence-corrected chi connectivity index (χ3v) is 2.99. The molecule has 1 saturated carbocycles. The average Bonchev–Trinajstić information content (AvgIpc) is 2.82. The molecule has 0 aromatic rings. The first-order chi connectivity index (χ1) is 6.70. The third-order valence-electron chi connectivity index (χ3n) is 2.99. The van der Waals surface area contributed by atoms with Gasteiger partial charge in [0.2, 0.25) is 11.8 Å². The minimum absolute atomic E-state index is 0.150. The van der Waals surface area contributed by atoms with E-state index in [0.717, 1.165) is 12.3 Å².